The molecule has 0 heterocycles. The molecule has 0 atom stereocenters. The average molecular weight is 265 g/mol. The summed E-state index contributed by atoms with van der Waals surface area (Å²) in [6.07, 6.45) is 4.94. The minimum absolute atomic E-state index is 0.272. The maximum absolute atomic E-state index is 13.3. The fourth-order valence-electron chi connectivity index (χ4n) is 2.89. The fraction of sp³-hybridized carbons (Fsp3) is 0.625. The number of phenolic OH excluding ortho intramolecular Hbond substituents is 1. The first-order valence-corrected chi connectivity index (χ1v) is 7.05. The Balaban J connectivity index is 1.94. The Hall–Kier alpha value is -1.09. The van der Waals surface area contributed by atoms with Crippen LogP contribution in [0.1, 0.15) is 45.1 Å². The van der Waals surface area contributed by atoms with Gasteiger partial charge in [-0.15, -0.1) is 0 Å². The first-order valence-electron chi connectivity index (χ1n) is 7.05. The van der Waals surface area contributed by atoms with Gasteiger partial charge in [0.2, 0.25) is 0 Å². The SMILES string of the molecule is CN(Cc1ccc(O)c(F)c1)C1CCC(C)(C)CC1. The number of hydrogen-bond acceptors (Lipinski definition) is 2. The van der Waals surface area contributed by atoms with Crippen LogP contribution in [-0.4, -0.2) is 23.1 Å². The molecule has 19 heavy (non-hydrogen) atoms. The maximum Gasteiger partial charge on any atom is 0.165 e. The predicted octanol–water partition coefficient (Wildman–Crippen LogP) is 3.93. The molecule has 1 saturated carbocycles. The van der Waals surface area contributed by atoms with Crippen LogP contribution in [0.4, 0.5) is 4.39 Å². The normalized spacial score (nSPS) is 19.8. The number of phenols is 1. The quantitative estimate of drug-likeness (QED) is 0.895. The molecule has 1 aliphatic rings. The van der Waals surface area contributed by atoms with Crippen LogP contribution in [0.3, 0.4) is 0 Å². The summed E-state index contributed by atoms with van der Waals surface area (Å²) in [5.41, 5.74) is 1.39. The molecule has 0 aromatic heterocycles. The van der Waals surface area contributed by atoms with Gasteiger partial charge in [-0.1, -0.05) is 19.9 Å². The molecule has 1 aliphatic carbocycles. The van der Waals surface area contributed by atoms with Gasteiger partial charge < -0.3 is 5.11 Å². The molecule has 1 N–H and O–H groups in total. The van der Waals surface area contributed by atoms with Gasteiger partial charge in [-0.25, -0.2) is 4.39 Å². The van der Waals surface area contributed by atoms with Crippen LogP contribution in [0.15, 0.2) is 18.2 Å². The van der Waals surface area contributed by atoms with Crippen molar-refractivity contribution in [1.29, 1.82) is 0 Å². The van der Waals surface area contributed by atoms with Gasteiger partial charge in [-0.3, -0.25) is 4.90 Å². The Morgan fingerprint density at radius 3 is 2.53 bits per heavy atom. The van der Waals surface area contributed by atoms with E-state index >= 15 is 0 Å². The lowest BCUT2D eigenvalue weighted by molar-refractivity contribution is 0.123. The largest absolute Gasteiger partial charge is 0.505 e. The van der Waals surface area contributed by atoms with Crippen molar-refractivity contribution in [3.05, 3.63) is 29.6 Å². The first kappa shape index (κ1) is 14.3. The number of nitrogens with zero attached hydrogens (tertiary/aromatic N) is 1. The maximum atomic E-state index is 13.3. The summed E-state index contributed by atoms with van der Waals surface area (Å²) in [4.78, 5) is 2.31. The molecule has 2 rings (SSSR count). The molecular weight excluding hydrogens is 241 g/mol. The van der Waals surface area contributed by atoms with Crippen molar-refractivity contribution in [3.8, 4) is 5.75 Å². The molecule has 1 aromatic carbocycles. The summed E-state index contributed by atoms with van der Waals surface area (Å²) >= 11 is 0. The van der Waals surface area contributed by atoms with Crippen LogP contribution in [-0.2, 0) is 6.54 Å². The summed E-state index contributed by atoms with van der Waals surface area (Å²) < 4.78 is 13.3. The topological polar surface area (TPSA) is 23.5 Å². The highest BCUT2D eigenvalue weighted by molar-refractivity contribution is 5.27. The van der Waals surface area contributed by atoms with Crippen LogP contribution < -0.4 is 0 Å². The van der Waals surface area contributed by atoms with Crippen molar-refractivity contribution >= 4 is 0 Å². The molecule has 0 bridgehead atoms. The van der Waals surface area contributed by atoms with Gasteiger partial charge in [0, 0.05) is 12.6 Å². The molecular formula is C16H24FNO. The van der Waals surface area contributed by atoms with Crippen molar-refractivity contribution in [2.75, 3.05) is 7.05 Å². The van der Waals surface area contributed by atoms with E-state index < -0.39 is 5.82 Å². The summed E-state index contributed by atoms with van der Waals surface area (Å²) in [5, 5.41) is 9.20. The van der Waals surface area contributed by atoms with Crippen LogP contribution in [0, 0.1) is 11.2 Å². The summed E-state index contributed by atoms with van der Waals surface area (Å²) in [7, 11) is 2.10. The van der Waals surface area contributed by atoms with Gasteiger partial charge in [0.05, 0.1) is 0 Å². The molecule has 0 radical (unpaired) electrons. The molecule has 1 fully saturated rings. The number of halogens is 1. The molecule has 1 aromatic rings. The zero-order chi connectivity index (χ0) is 14.0. The fourth-order valence-corrected chi connectivity index (χ4v) is 2.89. The van der Waals surface area contributed by atoms with Gasteiger partial charge in [0.25, 0.3) is 0 Å². The first-order chi connectivity index (χ1) is 8.87. The zero-order valence-corrected chi connectivity index (χ0v) is 12.1. The summed E-state index contributed by atoms with van der Waals surface area (Å²) in [6.45, 7) is 5.40. The molecule has 2 nitrogen and oxygen atoms in total. The van der Waals surface area contributed by atoms with Crippen molar-refractivity contribution in [1.82, 2.24) is 4.90 Å². The van der Waals surface area contributed by atoms with Crippen molar-refractivity contribution in [2.24, 2.45) is 5.41 Å². The van der Waals surface area contributed by atoms with Crippen LogP contribution in [0.5, 0.6) is 5.75 Å². The Morgan fingerprint density at radius 1 is 1.32 bits per heavy atom. The van der Waals surface area contributed by atoms with Crippen LogP contribution in [0.2, 0.25) is 0 Å². The summed E-state index contributed by atoms with van der Waals surface area (Å²) in [6, 6.07) is 5.24. The zero-order valence-electron chi connectivity index (χ0n) is 12.1. The molecule has 0 saturated heterocycles. The molecule has 106 valence electrons. The molecule has 0 aliphatic heterocycles. The van der Waals surface area contributed by atoms with E-state index in [1.54, 1.807) is 6.07 Å². The molecule has 0 spiro atoms. The Kier molecular flexibility index (Phi) is 4.14. The van der Waals surface area contributed by atoms with E-state index in [9.17, 15) is 9.50 Å². The van der Waals surface area contributed by atoms with Crippen molar-refractivity contribution < 1.29 is 9.50 Å². The lowest BCUT2D eigenvalue weighted by atomic mass is 9.75. The van der Waals surface area contributed by atoms with E-state index in [1.807, 2.05) is 0 Å². The monoisotopic (exact) mass is 265 g/mol. The van der Waals surface area contributed by atoms with Gasteiger partial charge in [0.1, 0.15) is 0 Å². The number of rotatable bonds is 3. The second-order valence-corrected chi connectivity index (χ2v) is 6.60. The standard InChI is InChI=1S/C16H24FNO/c1-16(2)8-6-13(7-9-16)18(3)11-12-4-5-15(19)14(17)10-12/h4-5,10,13,19H,6-9,11H2,1-3H3. The predicted molar refractivity (Wildman–Crippen MR) is 75.6 cm³/mol. The minimum atomic E-state index is -0.532. The third-order valence-corrected chi connectivity index (χ3v) is 4.38. The van der Waals surface area contributed by atoms with E-state index in [-0.39, 0.29) is 5.75 Å². The molecule has 0 unspecified atom stereocenters. The van der Waals surface area contributed by atoms with E-state index in [4.69, 9.17) is 0 Å². The van der Waals surface area contributed by atoms with Crippen molar-refractivity contribution in [3.63, 3.8) is 0 Å². The Morgan fingerprint density at radius 2 is 1.95 bits per heavy atom. The number of hydrogen-bond donors (Lipinski definition) is 1. The second-order valence-electron chi connectivity index (χ2n) is 6.60. The van der Waals surface area contributed by atoms with Gasteiger partial charge in [0.15, 0.2) is 11.6 Å². The highest BCUT2D eigenvalue weighted by Gasteiger charge is 2.28. The third kappa shape index (κ3) is 3.69. The summed E-state index contributed by atoms with van der Waals surface area (Å²) in [5.74, 6) is -0.804. The number of aromatic hydroxyl groups is 1. The van der Waals surface area contributed by atoms with Crippen molar-refractivity contribution in [2.45, 2.75) is 52.1 Å². The number of benzene rings is 1. The average Bonchev–Trinajstić information content (AvgIpc) is 2.33. The second kappa shape index (κ2) is 5.49. The van der Waals surface area contributed by atoms with Gasteiger partial charge in [-0.05, 0) is 55.8 Å². The lowest BCUT2D eigenvalue weighted by Crippen LogP contribution is -2.36. The lowest BCUT2D eigenvalue weighted by Gasteiger charge is -2.38. The van der Waals surface area contributed by atoms with Crippen LogP contribution >= 0.6 is 0 Å². The minimum Gasteiger partial charge on any atom is -0.505 e. The Labute approximate surface area is 115 Å². The van der Waals surface area contributed by atoms with Gasteiger partial charge >= 0.3 is 0 Å². The highest BCUT2D eigenvalue weighted by atomic mass is 19.1. The smallest absolute Gasteiger partial charge is 0.165 e. The third-order valence-electron chi connectivity index (χ3n) is 4.38. The van der Waals surface area contributed by atoms with E-state index in [0.29, 0.717) is 11.5 Å². The molecule has 0 amide bonds. The molecule has 3 heteroatoms. The van der Waals surface area contributed by atoms with Crippen LogP contribution in [0.25, 0.3) is 0 Å². The van der Waals surface area contributed by atoms with E-state index in [2.05, 4.69) is 25.8 Å². The van der Waals surface area contributed by atoms with Gasteiger partial charge in [-0.2, -0.15) is 0 Å². The van der Waals surface area contributed by atoms with E-state index in [0.717, 1.165) is 12.1 Å². The highest BCUT2D eigenvalue weighted by Crippen LogP contribution is 2.36. The van der Waals surface area contributed by atoms with E-state index in [1.165, 1.54) is 37.8 Å². The Bertz CT molecular complexity index is 434.